The van der Waals surface area contributed by atoms with E-state index in [0.29, 0.717) is 12.3 Å². The molecule has 1 heterocycles. The van der Waals surface area contributed by atoms with E-state index in [1.807, 2.05) is 0 Å². The molecule has 0 radical (unpaired) electrons. The van der Waals surface area contributed by atoms with Crippen LogP contribution in [0.25, 0.3) is 6.08 Å². The van der Waals surface area contributed by atoms with Crippen molar-refractivity contribution in [2.45, 2.75) is 19.5 Å². The predicted molar refractivity (Wildman–Crippen MR) is 59.5 cm³/mol. The van der Waals surface area contributed by atoms with E-state index in [4.69, 9.17) is 0 Å². The minimum atomic E-state index is -4.39. The Morgan fingerprint density at radius 1 is 1.44 bits per heavy atom. The summed E-state index contributed by atoms with van der Waals surface area (Å²) in [6.07, 6.45) is -0.606. The first kappa shape index (κ1) is 14.2. The number of nitrogens with zero attached hydrogens (tertiary/aromatic N) is 1. The molecule has 0 aliphatic heterocycles. The smallest absolute Gasteiger partial charge is 0.417 e. The van der Waals surface area contributed by atoms with Gasteiger partial charge in [-0.05, 0) is 25.1 Å². The van der Waals surface area contributed by atoms with E-state index < -0.39 is 11.7 Å². The summed E-state index contributed by atoms with van der Waals surface area (Å²) < 4.78 is 41.4. The van der Waals surface area contributed by atoms with Crippen molar-refractivity contribution in [1.29, 1.82) is 0 Å². The summed E-state index contributed by atoms with van der Waals surface area (Å²) in [5.41, 5.74) is -0.447. The molecule has 0 amide bonds. The largest absolute Gasteiger partial charge is 0.466 e. The molecule has 0 bridgehead atoms. The van der Waals surface area contributed by atoms with E-state index in [-0.39, 0.29) is 12.4 Å². The fourth-order valence-electron chi connectivity index (χ4n) is 1.17. The number of esters is 1. The van der Waals surface area contributed by atoms with E-state index >= 15 is 0 Å². The van der Waals surface area contributed by atoms with Gasteiger partial charge in [0, 0.05) is 6.20 Å². The molecule has 18 heavy (non-hydrogen) atoms. The number of carbonyl (C=O) groups excluding carboxylic acids is 1. The average molecular weight is 259 g/mol. The number of hydrogen-bond donors (Lipinski definition) is 0. The molecule has 0 fully saturated rings. The van der Waals surface area contributed by atoms with Crippen LogP contribution in [-0.4, -0.2) is 17.6 Å². The van der Waals surface area contributed by atoms with E-state index in [1.54, 1.807) is 6.92 Å². The molecule has 0 saturated heterocycles. The lowest BCUT2D eigenvalue weighted by Crippen LogP contribution is -2.05. The molecule has 0 atom stereocenters. The number of aromatic nitrogens is 1. The summed E-state index contributed by atoms with van der Waals surface area (Å²) in [4.78, 5) is 14.6. The van der Waals surface area contributed by atoms with Gasteiger partial charge in [-0.15, -0.1) is 0 Å². The second kappa shape index (κ2) is 6.18. The maximum atomic E-state index is 12.2. The van der Waals surface area contributed by atoms with Crippen LogP contribution in [0.1, 0.15) is 24.6 Å². The number of halogens is 3. The highest BCUT2D eigenvalue weighted by molar-refractivity contribution is 5.72. The van der Waals surface area contributed by atoms with Crippen molar-refractivity contribution in [2.75, 3.05) is 6.61 Å². The zero-order chi connectivity index (χ0) is 13.6. The molecular formula is C12H12F3NO2. The second-order valence-electron chi connectivity index (χ2n) is 3.38. The molecule has 6 heteroatoms. The highest BCUT2D eigenvalue weighted by Crippen LogP contribution is 2.28. The molecular weight excluding hydrogens is 247 g/mol. The van der Waals surface area contributed by atoms with Gasteiger partial charge < -0.3 is 4.74 Å². The summed E-state index contributed by atoms with van der Waals surface area (Å²) >= 11 is 0. The van der Waals surface area contributed by atoms with Crippen molar-refractivity contribution >= 4 is 12.0 Å². The van der Waals surface area contributed by atoms with E-state index in [9.17, 15) is 18.0 Å². The Morgan fingerprint density at radius 3 is 2.67 bits per heavy atom. The molecule has 1 aromatic rings. The van der Waals surface area contributed by atoms with Crippen molar-refractivity contribution in [2.24, 2.45) is 0 Å². The molecule has 98 valence electrons. The van der Waals surface area contributed by atoms with Crippen LogP contribution in [0, 0.1) is 0 Å². The van der Waals surface area contributed by atoms with E-state index in [2.05, 4.69) is 9.72 Å². The monoisotopic (exact) mass is 259 g/mol. The van der Waals surface area contributed by atoms with Crippen LogP contribution < -0.4 is 0 Å². The topological polar surface area (TPSA) is 39.2 Å². The Kier molecular flexibility index (Phi) is 4.88. The van der Waals surface area contributed by atoms with Crippen LogP contribution in [0.3, 0.4) is 0 Å². The Morgan fingerprint density at radius 2 is 2.17 bits per heavy atom. The lowest BCUT2D eigenvalue weighted by atomic mass is 10.2. The minimum absolute atomic E-state index is 0.0660. The van der Waals surface area contributed by atoms with Crippen LogP contribution in [-0.2, 0) is 15.7 Å². The van der Waals surface area contributed by atoms with Gasteiger partial charge in [0.15, 0.2) is 0 Å². The quantitative estimate of drug-likeness (QED) is 0.780. The number of hydrogen-bond acceptors (Lipinski definition) is 3. The Labute approximate surface area is 102 Å². The minimum Gasteiger partial charge on any atom is -0.466 e. The first-order valence-electron chi connectivity index (χ1n) is 5.29. The number of alkyl halides is 3. The predicted octanol–water partition coefficient (Wildman–Crippen LogP) is 3.07. The summed E-state index contributed by atoms with van der Waals surface area (Å²) in [5.74, 6) is -0.388. The van der Waals surface area contributed by atoms with Gasteiger partial charge in [-0.1, -0.05) is 6.08 Å². The highest BCUT2D eigenvalue weighted by Gasteiger charge is 2.30. The van der Waals surface area contributed by atoms with Crippen LogP contribution in [0.5, 0.6) is 0 Å². The molecule has 0 N–H and O–H groups in total. The van der Waals surface area contributed by atoms with Gasteiger partial charge in [-0.3, -0.25) is 9.78 Å². The molecule has 0 saturated carbocycles. The second-order valence-corrected chi connectivity index (χ2v) is 3.38. The number of carbonyl (C=O) groups is 1. The van der Waals surface area contributed by atoms with Crippen LogP contribution >= 0.6 is 0 Å². The molecule has 0 unspecified atom stereocenters. The molecule has 0 spiro atoms. The van der Waals surface area contributed by atoms with Crippen molar-refractivity contribution in [3.8, 4) is 0 Å². The first-order valence-corrected chi connectivity index (χ1v) is 5.29. The third-order valence-electron chi connectivity index (χ3n) is 1.99. The van der Waals surface area contributed by atoms with Crippen molar-refractivity contribution < 1.29 is 22.7 Å². The van der Waals surface area contributed by atoms with Gasteiger partial charge in [0.05, 0.1) is 24.3 Å². The maximum Gasteiger partial charge on any atom is 0.417 e. The Bertz CT molecular complexity index is 424. The summed E-state index contributed by atoms with van der Waals surface area (Å²) in [5, 5.41) is 0. The van der Waals surface area contributed by atoms with Gasteiger partial charge in [0.1, 0.15) is 0 Å². The van der Waals surface area contributed by atoms with Gasteiger partial charge in [-0.2, -0.15) is 13.2 Å². The third-order valence-corrected chi connectivity index (χ3v) is 1.99. The number of rotatable bonds is 4. The van der Waals surface area contributed by atoms with Crippen molar-refractivity contribution in [3.63, 3.8) is 0 Å². The third kappa shape index (κ3) is 4.57. The van der Waals surface area contributed by atoms with Gasteiger partial charge >= 0.3 is 12.1 Å². The summed E-state index contributed by atoms with van der Waals surface area (Å²) in [7, 11) is 0. The average Bonchev–Trinajstić information content (AvgIpc) is 2.29. The highest BCUT2D eigenvalue weighted by atomic mass is 19.4. The van der Waals surface area contributed by atoms with E-state index in [0.717, 1.165) is 12.3 Å². The number of ether oxygens (including phenoxy) is 1. The van der Waals surface area contributed by atoms with E-state index in [1.165, 1.54) is 18.2 Å². The van der Waals surface area contributed by atoms with Crippen LogP contribution in [0.2, 0.25) is 0 Å². The Balaban J connectivity index is 2.59. The standard InChI is InChI=1S/C12H12F3NO2/c1-2-18-11(17)5-3-4-10-7-6-9(8-16-10)12(13,14)15/h3-4,6-8H,2,5H2,1H3. The first-order chi connectivity index (χ1) is 8.43. The van der Waals surface area contributed by atoms with Crippen molar-refractivity contribution in [1.82, 2.24) is 4.98 Å². The molecule has 0 aliphatic rings. The molecule has 1 rings (SSSR count). The van der Waals surface area contributed by atoms with Gasteiger partial charge in [-0.25, -0.2) is 0 Å². The molecule has 1 aromatic heterocycles. The zero-order valence-electron chi connectivity index (χ0n) is 9.70. The molecule has 0 aromatic carbocycles. The zero-order valence-corrected chi connectivity index (χ0v) is 9.70. The summed E-state index contributed by atoms with van der Waals surface area (Å²) in [6, 6.07) is 2.18. The number of pyridine rings is 1. The molecule has 3 nitrogen and oxygen atoms in total. The van der Waals surface area contributed by atoms with Crippen molar-refractivity contribution in [3.05, 3.63) is 35.7 Å². The van der Waals surface area contributed by atoms with Crippen LogP contribution in [0.4, 0.5) is 13.2 Å². The maximum absolute atomic E-state index is 12.2. The lowest BCUT2D eigenvalue weighted by molar-refractivity contribution is -0.142. The van der Waals surface area contributed by atoms with Crippen LogP contribution in [0.15, 0.2) is 24.4 Å². The lowest BCUT2D eigenvalue weighted by Gasteiger charge is -2.05. The molecule has 0 aliphatic carbocycles. The SMILES string of the molecule is CCOC(=O)CC=Cc1ccc(C(F)(F)F)cn1. The fourth-order valence-corrected chi connectivity index (χ4v) is 1.17. The normalized spacial score (nSPS) is 11.8. The van der Waals surface area contributed by atoms with Gasteiger partial charge in [0.2, 0.25) is 0 Å². The fraction of sp³-hybridized carbons (Fsp3) is 0.333. The summed E-state index contributed by atoms with van der Waals surface area (Å²) in [6.45, 7) is 1.99. The Hall–Kier alpha value is -1.85. The van der Waals surface area contributed by atoms with Gasteiger partial charge in [0.25, 0.3) is 0 Å².